The zero-order valence-corrected chi connectivity index (χ0v) is 11.8. The zero-order chi connectivity index (χ0) is 16.3. The first-order valence-electron chi connectivity index (χ1n) is 6.44. The van der Waals surface area contributed by atoms with Crippen LogP contribution >= 0.6 is 0 Å². The summed E-state index contributed by atoms with van der Waals surface area (Å²) in [5, 5.41) is 27.9. The highest BCUT2D eigenvalue weighted by Crippen LogP contribution is 2.32. The average molecular weight is 299 g/mol. The zero-order valence-electron chi connectivity index (χ0n) is 11.8. The number of aromatic nitrogens is 2. The fourth-order valence-electron chi connectivity index (χ4n) is 1.98. The number of rotatable bonds is 4. The molecule has 0 amide bonds. The Bertz CT molecular complexity index is 745. The van der Waals surface area contributed by atoms with Crippen LogP contribution in [0.3, 0.4) is 0 Å². The predicted molar refractivity (Wildman–Crippen MR) is 82.0 cm³/mol. The van der Waals surface area contributed by atoms with Crippen molar-refractivity contribution in [3.05, 3.63) is 23.8 Å². The number of anilines is 2. The first kappa shape index (κ1) is 15.6. The Labute approximate surface area is 127 Å². The van der Waals surface area contributed by atoms with Crippen molar-refractivity contribution in [2.24, 2.45) is 0 Å². The predicted octanol–water partition coefficient (Wildman–Crippen LogP) is -0.742. The Morgan fingerprint density at radius 1 is 1.32 bits per heavy atom. The monoisotopic (exact) mass is 299 g/mol. The Kier molecular flexibility index (Phi) is 4.46. The summed E-state index contributed by atoms with van der Waals surface area (Å²) >= 11 is 0. The fourth-order valence-corrected chi connectivity index (χ4v) is 1.98. The third-order valence-corrected chi connectivity index (χ3v) is 2.92. The second-order valence-electron chi connectivity index (χ2n) is 4.36. The van der Waals surface area contributed by atoms with E-state index in [4.69, 9.17) is 16.2 Å². The SMILES string of the molecule is CCOc1ccc(B(O)O)cc1-c1nc(N)nc(N)c1C#N. The number of nitrogens with zero attached hydrogens (tertiary/aromatic N) is 3. The van der Waals surface area contributed by atoms with E-state index in [9.17, 15) is 15.3 Å². The van der Waals surface area contributed by atoms with E-state index < -0.39 is 7.12 Å². The number of hydrogen-bond acceptors (Lipinski definition) is 8. The smallest absolute Gasteiger partial charge is 0.488 e. The molecule has 1 aromatic heterocycles. The Hall–Kier alpha value is -2.83. The third kappa shape index (κ3) is 2.93. The summed E-state index contributed by atoms with van der Waals surface area (Å²) < 4.78 is 5.49. The summed E-state index contributed by atoms with van der Waals surface area (Å²) in [5.74, 6) is 0.271. The lowest BCUT2D eigenvalue weighted by Gasteiger charge is -2.13. The maximum atomic E-state index is 9.32. The lowest BCUT2D eigenvalue weighted by Crippen LogP contribution is -2.29. The third-order valence-electron chi connectivity index (χ3n) is 2.92. The molecule has 9 heteroatoms. The van der Waals surface area contributed by atoms with Gasteiger partial charge in [-0.25, -0.2) is 4.98 Å². The molecule has 0 aliphatic rings. The van der Waals surface area contributed by atoms with Gasteiger partial charge >= 0.3 is 7.12 Å². The lowest BCUT2D eigenvalue weighted by molar-refractivity contribution is 0.341. The molecule has 0 aliphatic heterocycles. The highest BCUT2D eigenvalue weighted by Gasteiger charge is 2.20. The highest BCUT2D eigenvalue weighted by atomic mass is 16.5. The summed E-state index contributed by atoms with van der Waals surface area (Å²) in [5.41, 5.74) is 12.1. The molecule has 1 heterocycles. The van der Waals surface area contributed by atoms with E-state index in [-0.39, 0.29) is 28.5 Å². The molecule has 0 spiro atoms. The van der Waals surface area contributed by atoms with Gasteiger partial charge in [0.1, 0.15) is 23.2 Å². The molecule has 0 bridgehead atoms. The Morgan fingerprint density at radius 3 is 2.64 bits per heavy atom. The van der Waals surface area contributed by atoms with Gasteiger partial charge in [0.2, 0.25) is 5.95 Å². The first-order chi connectivity index (χ1) is 10.5. The minimum atomic E-state index is -1.67. The second-order valence-corrected chi connectivity index (χ2v) is 4.36. The van der Waals surface area contributed by atoms with Gasteiger partial charge in [0.05, 0.1) is 12.3 Å². The molecule has 1 aromatic carbocycles. The molecule has 112 valence electrons. The first-order valence-corrected chi connectivity index (χ1v) is 6.44. The van der Waals surface area contributed by atoms with Crippen molar-refractivity contribution in [3.8, 4) is 23.1 Å². The van der Waals surface area contributed by atoms with E-state index in [0.717, 1.165) is 0 Å². The summed E-state index contributed by atoms with van der Waals surface area (Å²) in [6, 6.07) is 6.44. The van der Waals surface area contributed by atoms with Crippen molar-refractivity contribution in [2.45, 2.75) is 6.92 Å². The molecule has 0 radical (unpaired) electrons. The molecule has 6 N–H and O–H groups in total. The van der Waals surface area contributed by atoms with Gasteiger partial charge in [0, 0.05) is 5.56 Å². The van der Waals surface area contributed by atoms with Gasteiger partial charge in [0.25, 0.3) is 0 Å². The van der Waals surface area contributed by atoms with Crippen molar-refractivity contribution in [2.75, 3.05) is 18.1 Å². The van der Waals surface area contributed by atoms with Crippen LogP contribution in [0.5, 0.6) is 5.75 Å². The van der Waals surface area contributed by atoms with Gasteiger partial charge in [-0.15, -0.1) is 0 Å². The van der Waals surface area contributed by atoms with Crippen molar-refractivity contribution in [1.82, 2.24) is 9.97 Å². The average Bonchev–Trinajstić information content (AvgIpc) is 2.47. The molecule has 22 heavy (non-hydrogen) atoms. The summed E-state index contributed by atoms with van der Waals surface area (Å²) in [6.07, 6.45) is 0. The van der Waals surface area contributed by atoms with Crippen molar-refractivity contribution >= 4 is 24.3 Å². The number of benzene rings is 1. The van der Waals surface area contributed by atoms with Crippen LogP contribution in [0.1, 0.15) is 12.5 Å². The van der Waals surface area contributed by atoms with E-state index in [2.05, 4.69) is 9.97 Å². The van der Waals surface area contributed by atoms with Crippen LogP contribution in [-0.2, 0) is 0 Å². The van der Waals surface area contributed by atoms with E-state index >= 15 is 0 Å². The molecule has 0 saturated carbocycles. The van der Waals surface area contributed by atoms with E-state index in [1.165, 1.54) is 12.1 Å². The van der Waals surface area contributed by atoms with Crippen molar-refractivity contribution in [3.63, 3.8) is 0 Å². The molecule has 0 unspecified atom stereocenters. The van der Waals surface area contributed by atoms with Crippen LogP contribution in [-0.4, -0.2) is 33.7 Å². The molecule has 2 aromatic rings. The minimum absolute atomic E-state index is 0.0414. The number of ether oxygens (including phenoxy) is 1. The van der Waals surface area contributed by atoms with E-state index in [0.29, 0.717) is 17.9 Å². The van der Waals surface area contributed by atoms with Crippen LogP contribution in [0.25, 0.3) is 11.3 Å². The van der Waals surface area contributed by atoms with Crippen molar-refractivity contribution < 1.29 is 14.8 Å². The minimum Gasteiger partial charge on any atom is -0.493 e. The molecule has 0 fully saturated rings. The largest absolute Gasteiger partial charge is 0.493 e. The number of hydrogen-bond donors (Lipinski definition) is 4. The van der Waals surface area contributed by atoms with Crippen molar-refractivity contribution in [1.29, 1.82) is 5.26 Å². The molecular weight excluding hydrogens is 285 g/mol. The van der Waals surface area contributed by atoms with Crippen LogP contribution in [0.4, 0.5) is 11.8 Å². The van der Waals surface area contributed by atoms with Gasteiger partial charge in [-0.2, -0.15) is 10.2 Å². The summed E-state index contributed by atoms with van der Waals surface area (Å²) in [4.78, 5) is 7.79. The maximum Gasteiger partial charge on any atom is 0.488 e. The quantitative estimate of drug-likeness (QED) is 0.539. The standard InChI is InChI=1S/C13H14BN5O3/c1-2-22-10-4-3-7(14(20)21)5-8(10)11-9(6-15)12(16)19-13(17)18-11/h3-5,20-21H,2H2,1H3,(H4,16,17,18,19). The molecule has 0 aliphatic carbocycles. The van der Waals surface area contributed by atoms with E-state index in [1.807, 2.05) is 6.07 Å². The normalized spacial score (nSPS) is 10.1. The Morgan fingerprint density at radius 2 is 2.05 bits per heavy atom. The number of nitriles is 1. The van der Waals surface area contributed by atoms with Gasteiger partial charge in [-0.05, 0) is 24.5 Å². The summed E-state index contributed by atoms with van der Waals surface area (Å²) in [7, 11) is -1.67. The van der Waals surface area contributed by atoms with Gasteiger partial charge in [0.15, 0.2) is 0 Å². The fraction of sp³-hybridized carbons (Fsp3) is 0.154. The molecule has 0 atom stereocenters. The van der Waals surface area contributed by atoms with Crippen LogP contribution < -0.4 is 21.7 Å². The maximum absolute atomic E-state index is 9.32. The van der Waals surface area contributed by atoms with E-state index in [1.54, 1.807) is 13.0 Å². The number of nitrogen functional groups attached to an aromatic ring is 2. The summed E-state index contributed by atoms with van der Waals surface area (Å²) in [6.45, 7) is 2.18. The van der Waals surface area contributed by atoms with Gasteiger partial charge < -0.3 is 26.3 Å². The van der Waals surface area contributed by atoms with Crippen LogP contribution in [0, 0.1) is 11.3 Å². The van der Waals surface area contributed by atoms with Gasteiger partial charge in [-0.3, -0.25) is 0 Å². The lowest BCUT2D eigenvalue weighted by atomic mass is 9.79. The van der Waals surface area contributed by atoms with Crippen LogP contribution in [0.15, 0.2) is 18.2 Å². The highest BCUT2D eigenvalue weighted by molar-refractivity contribution is 6.58. The molecule has 2 rings (SSSR count). The molecule has 8 nitrogen and oxygen atoms in total. The molecular formula is C13H14BN5O3. The molecule has 0 saturated heterocycles. The van der Waals surface area contributed by atoms with Crippen LogP contribution in [0.2, 0.25) is 0 Å². The second kappa shape index (κ2) is 6.30. The van der Waals surface area contributed by atoms with Gasteiger partial charge in [-0.1, -0.05) is 6.07 Å². The topological polar surface area (TPSA) is 151 Å². The Balaban J connectivity index is 2.75. The number of nitrogens with two attached hydrogens (primary N) is 2.